The smallest absolute Gasteiger partial charge is 0.0927 e. The van der Waals surface area contributed by atoms with Crippen molar-refractivity contribution in [3.05, 3.63) is 35.4 Å². The van der Waals surface area contributed by atoms with Crippen molar-refractivity contribution in [1.82, 2.24) is 5.32 Å². The van der Waals surface area contributed by atoms with Crippen LogP contribution >= 0.6 is 0 Å². The standard InChI is InChI=1S/C14H19NO2/c1-10-2-4-11(5-3-10)14(16)6-12-8-17-9-13(7-14)15-12/h2-5,12-13,15-16H,6-9H2,1H3. The minimum atomic E-state index is -0.682. The molecule has 1 aromatic rings. The van der Waals surface area contributed by atoms with Gasteiger partial charge in [0, 0.05) is 12.1 Å². The van der Waals surface area contributed by atoms with E-state index in [2.05, 4.69) is 36.5 Å². The number of morpholine rings is 1. The summed E-state index contributed by atoms with van der Waals surface area (Å²) in [5.74, 6) is 0. The van der Waals surface area contributed by atoms with E-state index < -0.39 is 5.60 Å². The summed E-state index contributed by atoms with van der Waals surface area (Å²) in [7, 11) is 0. The molecule has 2 N–H and O–H groups in total. The van der Waals surface area contributed by atoms with Crippen LogP contribution in [0.5, 0.6) is 0 Å². The fourth-order valence-electron chi connectivity index (χ4n) is 3.02. The molecule has 3 heteroatoms. The Morgan fingerprint density at radius 1 is 1.18 bits per heavy atom. The average Bonchev–Trinajstić information content (AvgIpc) is 2.29. The summed E-state index contributed by atoms with van der Waals surface area (Å²) in [6.45, 7) is 3.49. The molecule has 2 unspecified atom stereocenters. The minimum absolute atomic E-state index is 0.286. The van der Waals surface area contributed by atoms with Gasteiger partial charge in [-0.3, -0.25) is 0 Å². The quantitative estimate of drug-likeness (QED) is 0.769. The molecular weight excluding hydrogens is 214 g/mol. The molecule has 2 aliphatic heterocycles. The summed E-state index contributed by atoms with van der Waals surface area (Å²) < 4.78 is 5.51. The van der Waals surface area contributed by atoms with Gasteiger partial charge in [-0.15, -0.1) is 0 Å². The number of benzene rings is 1. The zero-order valence-electron chi connectivity index (χ0n) is 10.1. The molecule has 2 heterocycles. The second kappa shape index (κ2) is 4.09. The molecule has 3 rings (SSSR count). The molecule has 0 spiro atoms. The van der Waals surface area contributed by atoms with Gasteiger partial charge in [-0.2, -0.15) is 0 Å². The van der Waals surface area contributed by atoms with E-state index in [-0.39, 0.29) is 12.1 Å². The van der Waals surface area contributed by atoms with Gasteiger partial charge in [0.2, 0.25) is 0 Å². The molecule has 0 amide bonds. The van der Waals surface area contributed by atoms with Crippen molar-refractivity contribution in [2.45, 2.75) is 37.5 Å². The predicted octanol–water partition coefficient (Wildman–Crippen LogP) is 1.33. The molecule has 92 valence electrons. The summed E-state index contributed by atoms with van der Waals surface area (Å²) in [6.07, 6.45) is 1.49. The maximum Gasteiger partial charge on any atom is 0.0927 e. The highest BCUT2D eigenvalue weighted by atomic mass is 16.5. The molecule has 3 nitrogen and oxygen atoms in total. The molecule has 2 bridgehead atoms. The van der Waals surface area contributed by atoms with E-state index >= 15 is 0 Å². The molecule has 0 aliphatic carbocycles. The normalized spacial score (nSPS) is 36.8. The molecule has 17 heavy (non-hydrogen) atoms. The largest absolute Gasteiger partial charge is 0.385 e. The van der Waals surface area contributed by atoms with E-state index in [0.29, 0.717) is 13.2 Å². The minimum Gasteiger partial charge on any atom is -0.385 e. The molecule has 0 saturated carbocycles. The highest BCUT2D eigenvalue weighted by Gasteiger charge is 2.42. The second-order valence-corrected chi connectivity index (χ2v) is 5.40. The monoisotopic (exact) mass is 233 g/mol. The molecule has 2 fully saturated rings. The van der Waals surface area contributed by atoms with Gasteiger partial charge in [0.15, 0.2) is 0 Å². The third-order valence-electron chi connectivity index (χ3n) is 3.87. The summed E-state index contributed by atoms with van der Waals surface area (Å²) in [5, 5.41) is 14.3. The van der Waals surface area contributed by atoms with E-state index in [1.54, 1.807) is 0 Å². The highest BCUT2D eigenvalue weighted by molar-refractivity contribution is 5.28. The van der Waals surface area contributed by atoms with E-state index in [1.807, 2.05) is 0 Å². The SMILES string of the molecule is Cc1ccc(C2(O)CC3COCC(C2)N3)cc1. The Morgan fingerprint density at radius 2 is 1.76 bits per heavy atom. The maximum absolute atomic E-state index is 10.8. The highest BCUT2D eigenvalue weighted by Crippen LogP contribution is 2.36. The molecule has 1 aromatic carbocycles. The number of hydrogen-bond acceptors (Lipinski definition) is 3. The first-order valence-electron chi connectivity index (χ1n) is 6.29. The lowest BCUT2D eigenvalue weighted by Crippen LogP contribution is -2.58. The van der Waals surface area contributed by atoms with Gasteiger partial charge in [-0.05, 0) is 25.3 Å². The maximum atomic E-state index is 10.8. The molecule has 0 aromatic heterocycles. The van der Waals surface area contributed by atoms with Crippen molar-refractivity contribution in [2.24, 2.45) is 0 Å². The van der Waals surface area contributed by atoms with Crippen LogP contribution in [0, 0.1) is 6.92 Å². The number of fused-ring (bicyclic) bond motifs is 2. The number of ether oxygens (including phenoxy) is 1. The van der Waals surface area contributed by atoms with Gasteiger partial charge in [0.1, 0.15) is 0 Å². The Bertz CT molecular complexity index is 389. The number of aryl methyl sites for hydroxylation is 1. The zero-order valence-corrected chi connectivity index (χ0v) is 10.1. The van der Waals surface area contributed by atoms with Crippen molar-refractivity contribution in [2.75, 3.05) is 13.2 Å². The average molecular weight is 233 g/mol. The zero-order chi connectivity index (χ0) is 11.9. The van der Waals surface area contributed by atoms with Crippen molar-refractivity contribution in [3.63, 3.8) is 0 Å². The first-order chi connectivity index (χ1) is 8.16. The summed E-state index contributed by atoms with van der Waals surface area (Å²) in [4.78, 5) is 0. The van der Waals surface area contributed by atoms with Crippen LogP contribution in [-0.4, -0.2) is 30.4 Å². The fourth-order valence-corrected chi connectivity index (χ4v) is 3.02. The Kier molecular flexibility index (Phi) is 2.69. The van der Waals surface area contributed by atoms with Crippen LogP contribution in [0.15, 0.2) is 24.3 Å². The molecule has 0 radical (unpaired) electrons. The Morgan fingerprint density at radius 3 is 2.35 bits per heavy atom. The van der Waals surface area contributed by atoms with Gasteiger partial charge in [0.05, 0.1) is 18.8 Å². The lowest BCUT2D eigenvalue weighted by molar-refractivity contribution is -0.0802. The lowest BCUT2D eigenvalue weighted by atomic mass is 9.78. The van der Waals surface area contributed by atoms with Crippen molar-refractivity contribution < 1.29 is 9.84 Å². The lowest BCUT2D eigenvalue weighted by Gasteiger charge is -2.45. The van der Waals surface area contributed by atoms with E-state index in [0.717, 1.165) is 18.4 Å². The van der Waals surface area contributed by atoms with Crippen molar-refractivity contribution in [1.29, 1.82) is 0 Å². The Balaban J connectivity index is 1.87. The second-order valence-electron chi connectivity index (χ2n) is 5.40. The van der Waals surface area contributed by atoms with Crippen LogP contribution < -0.4 is 5.32 Å². The van der Waals surface area contributed by atoms with Crippen LogP contribution in [0.3, 0.4) is 0 Å². The van der Waals surface area contributed by atoms with Crippen LogP contribution in [-0.2, 0) is 10.3 Å². The van der Waals surface area contributed by atoms with Crippen molar-refractivity contribution in [3.8, 4) is 0 Å². The van der Waals surface area contributed by atoms with Gasteiger partial charge in [-0.1, -0.05) is 29.8 Å². The Hall–Kier alpha value is -0.900. The number of nitrogens with one attached hydrogen (secondary N) is 1. The number of hydrogen-bond donors (Lipinski definition) is 2. The third kappa shape index (κ3) is 2.10. The summed E-state index contributed by atoms with van der Waals surface area (Å²) >= 11 is 0. The summed E-state index contributed by atoms with van der Waals surface area (Å²) in [6, 6.07) is 8.82. The number of rotatable bonds is 1. The van der Waals surface area contributed by atoms with Crippen LogP contribution in [0.25, 0.3) is 0 Å². The van der Waals surface area contributed by atoms with Crippen LogP contribution in [0.1, 0.15) is 24.0 Å². The fraction of sp³-hybridized carbons (Fsp3) is 0.571. The van der Waals surface area contributed by atoms with Gasteiger partial charge >= 0.3 is 0 Å². The first-order valence-corrected chi connectivity index (χ1v) is 6.29. The number of aliphatic hydroxyl groups is 1. The summed E-state index contributed by atoms with van der Waals surface area (Å²) in [5.41, 5.74) is 1.59. The molecule has 2 atom stereocenters. The van der Waals surface area contributed by atoms with Gasteiger partial charge in [0.25, 0.3) is 0 Å². The first kappa shape index (κ1) is 11.2. The van der Waals surface area contributed by atoms with E-state index in [1.165, 1.54) is 5.56 Å². The Labute approximate surface area is 102 Å². The third-order valence-corrected chi connectivity index (χ3v) is 3.87. The molecule has 2 aliphatic rings. The van der Waals surface area contributed by atoms with Crippen LogP contribution in [0.2, 0.25) is 0 Å². The van der Waals surface area contributed by atoms with Gasteiger partial charge < -0.3 is 15.2 Å². The molecule has 2 saturated heterocycles. The number of piperidine rings is 1. The van der Waals surface area contributed by atoms with E-state index in [9.17, 15) is 5.11 Å². The van der Waals surface area contributed by atoms with E-state index in [4.69, 9.17) is 4.74 Å². The van der Waals surface area contributed by atoms with Gasteiger partial charge in [-0.25, -0.2) is 0 Å². The van der Waals surface area contributed by atoms with Crippen molar-refractivity contribution >= 4 is 0 Å². The topological polar surface area (TPSA) is 41.5 Å². The molecular formula is C14H19NO2. The predicted molar refractivity (Wildman–Crippen MR) is 65.8 cm³/mol. The van der Waals surface area contributed by atoms with Crippen LogP contribution in [0.4, 0.5) is 0 Å².